The second kappa shape index (κ2) is 7.66. The lowest BCUT2D eigenvalue weighted by molar-refractivity contribution is -0.135. The van der Waals surface area contributed by atoms with Crippen LogP contribution in [0.4, 0.5) is 4.79 Å². The SMILES string of the molecule is O=C1OCC2(CCN(C(=O)CCCOCc3ccccc3)CC2)O1. The normalized spacial score (nSPS) is 19.2. The third-order valence-electron chi connectivity index (χ3n) is 4.57. The summed E-state index contributed by atoms with van der Waals surface area (Å²) in [4.78, 5) is 25.2. The van der Waals surface area contributed by atoms with Crippen LogP contribution >= 0.6 is 0 Å². The van der Waals surface area contributed by atoms with Gasteiger partial charge >= 0.3 is 6.16 Å². The van der Waals surface area contributed by atoms with Crippen molar-refractivity contribution < 1.29 is 23.8 Å². The van der Waals surface area contributed by atoms with E-state index in [-0.39, 0.29) is 5.91 Å². The predicted molar refractivity (Wildman–Crippen MR) is 86.3 cm³/mol. The molecule has 0 unspecified atom stereocenters. The van der Waals surface area contributed by atoms with E-state index in [0.717, 1.165) is 5.56 Å². The van der Waals surface area contributed by atoms with Crippen molar-refractivity contribution in [3.8, 4) is 0 Å². The minimum Gasteiger partial charge on any atom is -0.430 e. The molecule has 0 atom stereocenters. The number of nitrogens with zero attached hydrogens (tertiary/aromatic N) is 1. The largest absolute Gasteiger partial charge is 0.509 e. The summed E-state index contributed by atoms with van der Waals surface area (Å²) < 4.78 is 15.7. The molecule has 0 saturated carbocycles. The van der Waals surface area contributed by atoms with Crippen LogP contribution in [0.25, 0.3) is 0 Å². The summed E-state index contributed by atoms with van der Waals surface area (Å²) in [5.41, 5.74) is 0.630. The first kappa shape index (κ1) is 16.8. The lowest BCUT2D eigenvalue weighted by Gasteiger charge is -2.36. The van der Waals surface area contributed by atoms with Gasteiger partial charge in [-0.15, -0.1) is 0 Å². The lowest BCUT2D eigenvalue weighted by Crippen LogP contribution is -2.48. The molecule has 6 nitrogen and oxygen atoms in total. The van der Waals surface area contributed by atoms with Gasteiger partial charge in [0.2, 0.25) is 5.91 Å². The van der Waals surface area contributed by atoms with Gasteiger partial charge in [-0.3, -0.25) is 4.79 Å². The highest BCUT2D eigenvalue weighted by atomic mass is 16.8. The molecule has 130 valence electrons. The molecule has 2 aliphatic heterocycles. The maximum Gasteiger partial charge on any atom is 0.509 e. The van der Waals surface area contributed by atoms with Crippen LogP contribution in [0.1, 0.15) is 31.2 Å². The third-order valence-corrected chi connectivity index (χ3v) is 4.57. The highest BCUT2D eigenvalue weighted by Crippen LogP contribution is 2.31. The van der Waals surface area contributed by atoms with Gasteiger partial charge in [-0.2, -0.15) is 0 Å². The smallest absolute Gasteiger partial charge is 0.430 e. The first-order chi connectivity index (χ1) is 11.7. The Labute approximate surface area is 141 Å². The van der Waals surface area contributed by atoms with E-state index < -0.39 is 11.8 Å². The minimum atomic E-state index is -0.592. The molecule has 2 saturated heterocycles. The van der Waals surface area contributed by atoms with Crippen molar-refractivity contribution >= 4 is 12.1 Å². The average molecular weight is 333 g/mol. The number of rotatable bonds is 6. The fourth-order valence-electron chi connectivity index (χ4n) is 3.08. The van der Waals surface area contributed by atoms with Gasteiger partial charge in [0.25, 0.3) is 0 Å². The van der Waals surface area contributed by atoms with Crippen LogP contribution in [-0.4, -0.2) is 48.9 Å². The number of amides is 1. The maximum absolute atomic E-state index is 12.2. The topological polar surface area (TPSA) is 65.1 Å². The number of hydrogen-bond donors (Lipinski definition) is 0. The number of hydrogen-bond acceptors (Lipinski definition) is 5. The van der Waals surface area contributed by atoms with Gasteiger partial charge in [0.1, 0.15) is 6.61 Å². The van der Waals surface area contributed by atoms with E-state index in [2.05, 4.69) is 0 Å². The lowest BCUT2D eigenvalue weighted by atomic mass is 9.92. The van der Waals surface area contributed by atoms with Crippen LogP contribution in [-0.2, 0) is 25.6 Å². The fraction of sp³-hybridized carbons (Fsp3) is 0.556. The van der Waals surface area contributed by atoms with E-state index in [1.807, 2.05) is 35.2 Å². The monoisotopic (exact) mass is 333 g/mol. The van der Waals surface area contributed by atoms with Crippen molar-refractivity contribution in [2.45, 2.75) is 37.9 Å². The van der Waals surface area contributed by atoms with Crippen LogP contribution < -0.4 is 0 Å². The van der Waals surface area contributed by atoms with E-state index in [0.29, 0.717) is 58.6 Å². The van der Waals surface area contributed by atoms with Gasteiger partial charge in [0, 0.05) is 39.0 Å². The molecule has 24 heavy (non-hydrogen) atoms. The summed E-state index contributed by atoms with van der Waals surface area (Å²) >= 11 is 0. The molecule has 0 bridgehead atoms. The molecule has 1 aromatic carbocycles. The van der Waals surface area contributed by atoms with Gasteiger partial charge in [-0.05, 0) is 12.0 Å². The summed E-state index contributed by atoms with van der Waals surface area (Å²) in [6.07, 6.45) is 1.90. The first-order valence-electron chi connectivity index (χ1n) is 8.42. The maximum atomic E-state index is 12.2. The summed E-state index contributed by atoms with van der Waals surface area (Å²) in [5.74, 6) is 0.137. The van der Waals surface area contributed by atoms with Crippen LogP contribution in [0, 0.1) is 0 Å². The third kappa shape index (κ3) is 4.26. The van der Waals surface area contributed by atoms with E-state index in [1.165, 1.54) is 0 Å². The highest BCUT2D eigenvalue weighted by molar-refractivity contribution is 5.76. The minimum absolute atomic E-state index is 0.137. The summed E-state index contributed by atoms with van der Waals surface area (Å²) in [6.45, 7) is 2.68. The molecule has 2 fully saturated rings. The quantitative estimate of drug-likeness (QED) is 0.591. The Morgan fingerprint density at radius 3 is 2.62 bits per heavy atom. The van der Waals surface area contributed by atoms with Crippen LogP contribution in [0.3, 0.4) is 0 Å². The number of benzene rings is 1. The second-order valence-corrected chi connectivity index (χ2v) is 6.35. The standard InChI is InChI=1S/C18H23NO5/c20-16(7-4-12-22-13-15-5-2-1-3-6-15)19-10-8-18(9-11-19)14-23-17(21)24-18/h1-3,5-6H,4,7-14H2. The van der Waals surface area contributed by atoms with Crippen molar-refractivity contribution in [2.75, 3.05) is 26.3 Å². The van der Waals surface area contributed by atoms with Gasteiger partial charge in [-0.1, -0.05) is 30.3 Å². The van der Waals surface area contributed by atoms with E-state index in [1.54, 1.807) is 0 Å². The Morgan fingerprint density at radius 2 is 1.96 bits per heavy atom. The van der Waals surface area contributed by atoms with Crippen LogP contribution in [0.2, 0.25) is 0 Å². The molecule has 0 aliphatic carbocycles. The zero-order valence-electron chi connectivity index (χ0n) is 13.7. The Morgan fingerprint density at radius 1 is 1.21 bits per heavy atom. The zero-order valence-corrected chi connectivity index (χ0v) is 13.7. The van der Waals surface area contributed by atoms with Crippen molar-refractivity contribution in [2.24, 2.45) is 0 Å². The Bertz CT molecular complexity index is 566. The van der Waals surface area contributed by atoms with Crippen molar-refractivity contribution in [3.63, 3.8) is 0 Å². The van der Waals surface area contributed by atoms with Crippen molar-refractivity contribution in [3.05, 3.63) is 35.9 Å². The average Bonchev–Trinajstić information content (AvgIpc) is 2.96. The Balaban J connectivity index is 1.31. The summed E-state index contributed by atoms with van der Waals surface area (Å²) in [5, 5.41) is 0. The molecule has 0 N–H and O–H groups in total. The number of cyclic esters (lactones) is 1. The molecule has 1 amide bonds. The molecule has 2 heterocycles. The van der Waals surface area contributed by atoms with Gasteiger partial charge in [0.05, 0.1) is 6.61 Å². The second-order valence-electron chi connectivity index (χ2n) is 6.35. The fourth-order valence-corrected chi connectivity index (χ4v) is 3.08. The Kier molecular flexibility index (Phi) is 5.35. The summed E-state index contributed by atoms with van der Waals surface area (Å²) in [6, 6.07) is 9.99. The van der Waals surface area contributed by atoms with Crippen LogP contribution in [0.5, 0.6) is 0 Å². The molecular weight excluding hydrogens is 310 g/mol. The number of carbonyl (C=O) groups excluding carboxylic acids is 2. The number of piperidine rings is 1. The Hall–Kier alpha value is -2.08. The van der Waals surface area contributed by atoms with E-state index in [9.17, 15) is 9.59 Å². The highest BCUT2D eigenvalue weighted by Gasteiger charge is 2.45. The van der Waals surface area contributed by atoms with Gasteiger partial charge in [-0.25, -0.2) is 4.79 Å². The number of likely N-dealkylation sites (tertiary alicyclic amines) is 1. The molecule has 3 rings (SSSR count). The predicted octanol–water partition coefficient (Wildman–Crippen LogP) is 2.51. The molecule has 1 aromatic rings. The van der Waals surface area contributed by atoms with E-state index in [4.69, 9.17) is 14.2 Å². The van der Waals surface area contributed by atoms with Crippen LogP contribution in [0.15, 0.2) is 30.3 Å². The number of carbonyl (C=O) groups is 2. The molecule has 1 spiro atoms. The zero-order chi connectivity index (χ0) is 16.8. The molecule has 0 aromatic heterocycles. The van der Waals surface area contributed by atoms with Gasteiger partial charge in [0.15, 0.2) is 5.60 Å². The first-order valence-corrected chi connectivity index (χ1v) is 8.42. The molecule has 6 heteroatoms. The number of ether oxygens (including phenoxy) is 3. The molecular formula is C18H23NO5. The molecule has 2 aliphatic rings. The van der Waals surface area contributed by atoms with E-state index >= 15 is 0 Å². The van der Waals surface area contributed by atoms with Crippen molar-refractivity contribution in [1.82, 2.24) is 4.90 Å². The van der Waals surface area contributed by atoms with Gasteiger partial charge < -0.3 is 19.1 Å². The van der Waals surface area contributed by atoms with Crippen molar-refractivity contribution in [1.29, 1.82) is 0 Å². The molecule has 0 radical (unpaired) electrons. The summed E-state index contributed by atoms with van der Waals surface area (Å²) in [7, 11) is 0.